The lowest BCUT2D eigenvalue weighted by Crippen LogP contribution is -2.42. The van der Waals surface area contributed by atoms with E-state index in [1.165, 1.54) is 17.1 Å². The number of hydrogen-bond acceptors (Lipinski definition) is 5. The SMILES string of the molecule is CC(=O)N(Cc1ccsc1)[C@@H]1CC12CCN(C(=O)c1csnc1C)CC2. The van der Waals surface area contributed by atoms with E-state index in [0.717, 1.165) is 43.6 Å². The number of thiophene rings is 1. The molecule has 1 aliphatic heterocycles. The molecule has 0 unspecified atom stereocenters. The summed E-state index contributed by atoms with van der Waals surface area (Å²) in [6.45, 7) is 5.81. The van der Waals surface area contributed by atoms with Crippen LogP contribution in [-0.2, 0) is 11.3 Å². The Labute approximate surface area is 161 Å². The fourth-order valence-corrected chi connectivity index (χ4v) is 5.49. The highest BCUT2D eigenvalue weighted by Gasteiger charge is 2.58. The number of nitrogens with zero attached hydrogens (tertiary/aromatic N) is 3. The molecule has 0 aromatic carbocycles. The summed E-state index contributed by atoms with van der Waals surface area (Å²) < 4.78 is 4.21. The van der Waals surface area contributed by atoms with E-state index in [2.05, 4.69) is 21.2 Å². The van der Waals surface area contributed by atoms with Gasteiger partial charge in [0.15, 0.2) is 0 Å². The van der Waals surface area contributed by atoms with Gasteiger partial charge in [-0.3, -0.25) is 9.59 Å². The molecule has 1 saturated carbocycles. The first-order valence-electron chi connectivity index (χ1n) is 8.99. The summed E-state index contributed by atoms with van der Waals surface area (Å²) in [5, 5.41) is 6.02. The molecule has 2 aliphatic rings. The second kappa shape index (κ2) is 6.78. The van der Waals surface area contributed by atoms with Crippen LogP contribution >= 0.6 is 22.9 Å². The molecule has 5 nitrogen and oxygen atoms in total. The summed E-state index contributed by atoms with van der Waals surface area (Å²) >= 11 is 3.01. The molecule has 138 valence electrons. The lowest BCUT2D eigenvalue weighted by molar-refractivity contribution is -0.130. The van der Waals surface area contributed by atoms with E-state index >= 15 is 0 Å². The number of aryl methyl sites for hydroxylation is 1. The molecule has 1 atom stereocenters. The van der Waals surface area contributed by atoms with Crippen molar-refractivity contribution in [1.82, 2.24) is 14.2 Å². The van der Waals surface area contributed by atoms with Gasteiger partial charge in [-0.05, 0) is 65.5 Å². The zero-order valence-electron chi connectivity index (χ0n) is 15.1. The van der Waals surface area contributed by atoms with Crippen molar-refractivity contribution in [3.05, 3.63) is 39.0 Å². The monoisotopic (exact) mass is 389 g/mol. The molecular formula is C19H23N3O2S2. The number of aromatic nitrogens is 1. The molecule has 4 rings (SSSR count). The summed E-state index contributed by atoms with van der Waals surface area (Å²) in [5.41, 5.74) is 2.98. The van der Waals surface area contributed by atoms with Crippen molar-refractivity contribution in [2.24, 2.45) is 5.41 Å². The van der Waals surface area contributed by atoms with Crippen molar-refractivity contribution in [2.45, 2.75) is 45.7 Å². The van der Waals surface area contributed by atoms with Gasteiger partial charge in [0.2, 0.25) is 5.91 Å². The molecule has 0 bridgehead atoms. The van der Waals surface area contributed by atoms with Crippen molar-refractivity contribution in [1.29, 1.82) is 0 Å². The molecular weight excluding hydrogens is 366 g/mol. The number of piperidine rings is 1. The summed E-state index contributed by atoms with van der Waals surface area (Å²) in [4.78, 5) is 28.9. The van der Waals surface area contributed by atoms with Crippen LogP contribution < -0.4 is 0 Å². The van der Waals surface area contributed by atoms with Crippen LogP contribution in [0.2, 0.25) is 0 Å². The Morgan fingerprint density at radius 1 is 1.35 bits per heavy atom. The summed E-state index contributed by atoms with van der Waals surface area (Å²) in [6, 6.07) is 2.41. The minimum absolute atomic E-state index is 0.102. The van der Waals surface area contributed by atoms with Crippen LogP contribution in [0.1, 0.15) is 47.8 Å². The molecule has 0 radical (unpaired) electrons. The van der Waals surface area contributed by atoms with Crippen molar-refractivity contribution < 1.29 is 9.59 Å². The van der Waals surface area contributed by atoms with Gasteiger partial charge in [-0.2, -0.15) is 15.7 Å². The molecule has 2 aromatic rings. The first-order chi connectivity index (χ1) is 12.5. The molecule has 26 heavy (non-hydrogen) atoms. The molecule has 2 amide bonds. The van der Waals surface area contributed by atoms with Crippen molar-refractivity contribution in [3.8, 4) is 0 Å². The van der Waals surface area contributed by atoms with E-state index in [9.17, 15) is 9.59 Å². The smallest absolute Gasteiger partial charge is 0.256 e. The van der Waals surface area contributed by atoms with Crippen LogP contribution in [0.3, 0.4) is 0 Å². The predicted molar refractivity (Wildman–Crippen MR) is 103 cm³/mol. The number of amides is 2. The third-order valence-electron chi connectivity index (χ3n) is 5.89. The Hall–Kier alpha value is -1.73. The molecule has 7 heteroatoms. The quantitative estimate of drug-likeness (QED) is 0.803. The number of carbonyl (C=O) groups excluding carboxylic acids is 2. The van der Waals surface area contributed by atoms with Crippen LogP contribution in [0.5, 0.6) is 0 Å². The van der Waals surface area contributed by atoms with Gasteiger partial charge in [0.05, 0.1) is 11.3 Å². The predicted octanol–water partition coefficient (Wildman–Crippen LogP) is 3.56. The van der Waals surface area contributed by atoms with Crippen LogP contribution in [0, 0.1) is 12.3 Å². The minimum atomic E-state index is 0.102. The Kier molecular flexibility index (Phi) is 4.61. The molecule has 1 saturated heterocycles. The maximum absolute atomic E-state index is 12.7. The number of likely N-dealkylation sites (tertiary alicyclic amines) is 1. The van der Waals surface area contributed by atoms with Crippen molar-refractivity contribution >= 4 is 34.7 Å². The first-order valence-corrected chi connectivity index (χ1v) is 10.8. The average molecular weight is 390 g/mol. The van der Waals surface area contributed by atoms with E-state index in [1.807, 2.05) is 22.1 Å². The number of rotatable bonds is 4. The van der Waals surface area contributed by atoms with Crippen molar-refractivity contribution in [2.75, 3.05) is 13.1 Å². The normalized spacial score (nSPS) is 21.0. The van der Waals surface area contributed by atoms with Crippen LogP contribution in [0.15, 0.2) is 22.2 Å². The second-order valence-corrected chi connectivity index (χ2v) is 8.88. The molecule has 2 fully saturated rings. The zero-order valence-corrected chi connectivity index (χ0v) is 16.7. The van der Waals surface area contributed by atoms with Crippen LogP contribution in [0.25, 0.3) is 0 Å². The van der Waals surface area contributed by atoms with E-state index in [4.69, 9.17) is 0 Å². The fraction of sp³-hybridized carbons (Fsp3) is 0.526. The first kappa shape index (κ1) is 17.7. The zero-order chi connectivity index (χ0) is 18.3. The molecule has 1 aliphatic carbocycles. The highest BCUT2D eigenvalue weighted by atomic mass is 32.1. The number of hydrogen-bond donors (Lipinski definition) is 0. The Bertz CT molecular complexity index is 807. The average Bonchev–Trinajstić information content (AvgIpc) is 2.98. The Morgan fingerprint density at radius 2 is 2.12 bits per heavy atom. The van der Waals surface area contributed by atoms with E-state index in [0.29, 0.717) is 12.6 Å². The van der Waals surface area contributed by atoms with E-state index < -0.39 is 0 Å². The standard InChI is InChI=1S/C19H23N3O2S2/c1-13-16(12-26-20-13)18(24)21-6-4-19(5-7-21)9-17(19)22(14(2)23)10-15-3-8-25-11-15/h3,8,11-12,17H,4-7,9-10H2,1-2H3/t17-/m1/s1. The van der Waals surface area contributed by atoms with Gasteiger partial charge < -0.3 is 9.80 Å². The largest absolute Gasteiger partial charge is 0.339 e. The molecule has 0 N–H and O–H groups in total. The third kappa shape index (κ3) is 3.18. The summed E-state index contributed by atoms with van der Waals surface area (Å²) in [7, 11) is 0. The highest BCUT2D eigenvalue weighted by Crippen LogP contribution is 2.57. The fourth-order valence-electron chi connectivity index (χ4n) is 4.15. The summed E-state index contributed by atoms with van der Waals surface area (Å²) in [5.74, 6) is 0.251. The van der Waals surface area contributed by atoms with Crippen LogP contribution in [0.4, 0.5) is 0 Å². The van der Waals surface area contributed by atoms with E-state index in [1.54, 1.807) is 18.3 Å². The second-order valence-electron chi connectivity index (χ2n) is 7.47. The Balaban J connectivity index is 1.39. The van der Waals surface area contributed by atoms with Crippen molar-refractivity contribution in [3.63, 3.8) is 0 Å². The number of carbonyl (C=O) groups is 2. The maximum atomic E-state index is 12.7. The minimum Gasteiger partial charge on any atom is -0.339 e. The molecule has 2 aromatic heterocycles. The lowest BCUT2D eigenvalue weighted by atomic mass is 9.91. The van der Waals surface area contributed by atoms with Gasteiger partial charge in [0.1, 0.15) is 0 Å². The summed E-state index contributed by atoms with van der Waals surface area (Å²) in [6.07, 6.45) is 3.03. The van der Waals surface area contributed by atoms with Gasteiger partial charge in [0, 0.05) is 38.0 Å². The highest BCUT2D eigenvalue weighted by molar-refractivity contribution is 7.08. The van der Waals surface area contributed by atoms with E-state index in [-0.39, 0.29) is 17.2 Å². The van der Waals surface area contributed by atoms with Gasteiger partial charge in [-0.25, -0.2) is 0 Å². The molecule has 1 spiro atoms. The third-order valence-corrected chi connectivity index (χ3v) is 7.34. The van der Waals surface area contributed by atoms with Gasteiger partial charge in [-0.15, -0.1) is 0 Å². The maximum Gasteiger partial charge on any atom is 0.256 e. The van der Waals surface area contributed by atoms with Crippen LogP contribution in [-0.4, -0.2) is 45.1 Å². The topological polar surface area (TPSA) is 53.5 Å². The van der Waals surface area contributed by atoms with Gasteiger partial charge >= 0.3 is 0 Å². The Morgan fingerprint density at radius 3 is 2.69 bits per heavy atom. The van der Waals surface area contributed by atoms with Gasteiger partial charge in [-0.1, -0.05) is 0 Å². The lowest BCUT2D eigenvalue weighted by Gasteiger charge is -2.34. The van der Waals surface area contributed by atoms with Gasteiger partial charge in [0.25, 0.3) is 5.91 Å². The molecule has 3 heterocycles.